The van der Waals surface area contributed by atoms with Crippen molar-refractivity contribution in [1.82, 2.24) is 10.6 Å². The van der Waals surface area contributed by atoms with Gasteiger partial charge in [-0.25, -0.2) is 0 Å². The fourth-order valence-corrected chi connectivity index (χ4v) is 2.69. The molecule has 2 aromatic carbocycles. The molecule has 1 aliphatic rings. The smallest absolute Gasteiger partial charge is 0.416 e. The second-order valence-corrected chi connectivity index (χ2v) is 6.01. The molecule has 1 aliphatic heterocycles. The Morgan fingerprint density at radius 2 is 1.52 bits per heavy atom. The second kappa shape index (κ2) is 7.69. The third-order valence-electron chi connectivity index (χ3n) is 4.12. The average molecular weight is 378 g/mol. The van der Waals surface area contributed by atoms with Crippen molar-refractivity contribution in [2.24, 2.45) is 0 Å². The number of halogens is 3. The van der Waals surface area contributed by atoms with Crippen LogP contribution in [0.15, 0.2) is 42.5 Å². The molecule has 0 radical (unpaired) electrons. The van der Waals surface area contributed by atoms with Crippen LogP contribution in [-0.2, 0) is 12.6 Å². The van der Waals surface area contributed by atoms with Crippen LogP contribution in [0.3, 0.4) is 0 Å². The average Bonchev–Trinajstić information content (AvgIpc) is 3.12. The number of alkyl halides is 3. The number of ether oxygens (including phenoxy) is 1. The van der Waals surface area contributed by atoms with E-state index in [2.05, 4.69) is 10.6 Å². The van der Waals surface area contributed by atoms with E-state index in [4.69, 9.17) is 4.74 Å². The molecule has 0 atom stereocenters. The molecule has 142 valence electrons. The molecule has 2 N–H and O–H groups in total. The van der Waals surface area contributed by atoms with Crippen LogP contribution >= 0.6 is 0 Å². The van der Waals surface area contributed by atoms with Crippen LogP contribution in [0, 0.1) is 0 Å². The molecule has 0 saturated heterocycles. The summed E-state index contributed by atoms with van der Waals surface area (Å²) in [6.45, 7) is 0.953. The van der Waals surface area contributed by atoms with E-state index >= 15 is 0 Å². The van der Waals surface area contributed by atoms with Crippen LogP contribution in [0.25, 0.3) is 0 Å². The third-order valence-corrected chi connectivity index (χ3v) is 4.12. The second-order valence-electron chi connectivity index (χ2n) is 6.01. The lowest BCUT2D eigenvalue weighted by Gasteiger charge is -2.09. The van der Waals surface area contributed by atoms with Crippen molar-refractivity contribution in [2.45, 2.75) is 12.6 Å². The number of hydrogen-bond donors (Lipinski definition) is 2. The quantitative estimate of drug-likeness (QED) is 0.787. The first-order valence-electron chi connectivity index (χ1n) is 8.34. The first-order valence-corrected chi connectivity index (χ1v) is 8.34. The van der Waals surface area contributed by atoms with Gasteiger partial charge >= 0.3 is 6.18 Å². The molecular weight excluding hydrogens is 361 g/mol. The Morgan fingerprint density at radius 3 is 2.15 bits per heavy atom. The van der Waals surface area contributed by atoms with Gasteiger partial charge in [0, 0.05) is 30.6 Å². The SMILES string of the molecule is O=C(NCCNC(=O)c1ccc2c(c1)CCO2)c1ccc(C(F)(F)F)cc1. The van der Waals surface area contributed by atoms with Gasteiger partial charge in [-0.15, -0.1) is 0 Å². The van der Waals surface area contributed by atoms with Crippen molar-refractivity contribution < 1.29 is 27.5 Å². The Bertz CT molecular complexity index is 848. The maximum absolute atomic E-state index is 12.5. The molecule has 3 rings (SSSR count). The number of carbonyl (C=O) groups excluding carboxylic acids is 2. The Kier molecular flexibility index (Phi) is 5.34. The molecule has 0 fully saturated rings. The minimum Gasteiger partial charge on any atom is -0.493 e. The normalized spacial score (nSPS) is 12.9. The van der Waals surface area contributed by atoms with E-state index in [0.717, 1.165) is 42.0 Å². The van der Waals surface area contributed by atoms with E-state index < -0.39 is 17.6 Å². The highest BCUT2D eigenvalue weighted by atomic mass is 19.4. The zero-order chi connectivity index (χ0) is 19.4. The topological polar surface area (TPSA) is 67.4 Å². The van der Waals surface area contributed by atoms with Gasteiger partial charge in [-0.05, 0) is 48.0 Å². The van der Waals surface area contributed by atoms with Crippen LogP contribution in [0.4, 0.5) is 13.2 Å². The molecule has 0 unspecified atom stereocenters. The molecule has 0 saturated carbocycles. The minimum absolute atomic E-state index is 0.118. The summed E-state index contributed by atoms with van der Waals surface area (Å²) in [6, 6.07) is 9.14. The van der Waals surface area contributed by atoms with Crippen molar-refractivity contribution in [3.63, 3.8) is 0 Å². The summed E-state index contributed by atoms with van der Waals surface area (Å²) in [5.41, 5.74) is 0.797. The van der Waals surface area contributed by atoms with Gasteiger partial charge in [0.2, 0.25) is 0 Å². The zero-order valence-corrected chi connectivity index (χ0v) is 14.2. The number of hydrogen-bond acceptors (Lipinski definition) is 3. The van der Waals surface area contributed by atoms with Crippen LogP contribution in [0.5, 0.6) is 5.75 Å². The Morgan fingerprint density at radius 1 is 0.926 bits per heavy atom. The van der Waals surface area contributed by atoms with Gasteiger partial charge in [-0.1, -0.05) is 0 Å². The lowest BCUT2D eigenvalue weighted by atomic mass is 10.1. The molecule has 2 amide bonds. The zero-order valence-electron chi connectivity index (χ0n) is 14.2. The lowest BCUT2D eigenvalue weighted by molar-refractivity contribution is -0.137. The highest BCUT2D eigenvalue weighted by Crippen LogP contribution is 2.29. The van der Waals surface area contributed by atoms with E-state index in [0.29, 0.717) is 12.2 Å². The first kappa shape index (κ1) is 18.8. The molecule has 0 spiro atoms. The molecule has 5 nitrogen and oxygen atoms in total. The summed E-state index contributed by atoms with van der Waals surface area (Å²) >= 11 is 0. The summed E-state index contributed by atoms with van der Waals surface area (Å²) in [5, 5.41) is 5.23. The van der Waals surface area contributed by atoms with E-state index in [1.165, 1.54) is 0 Å². The van der Waals surface area contributed by atoms with E-state index in [-0.39, 0.29) is 24.6 Å². The predicted molar refractivity (Wildman–Crippen MR) is 91.8 cm³/mol. The summed E-state index contributed by atoms with van der Waals surface area (Å²) in [7, 11) is 0. The fraction of sp³-hybridized carbons (Fsp3) is 0.263. The Hall–Kier alpha value is -3.03. The van der Waals surface area contributed by atoms with Gasteiger partial charge in [0.1, 0.15) is 5.75 Å². The molecule has 1 heterocycles. The van der Waals surface area contributed by atoms with Crippen molar-refractivity contribution >= 4 is 11.8 Å². The Labute approximate surface area is 153 Å². The minimum atomic E-state index is -4.44. The number of rotatable bonds is 5. The van der Waals surface area contributed by atoms with Crippen LogP contribution in [0.2, 0.25) is 0 Å². The van der Waals surface area contributed by atoms with Crippen molar-refractivity contribution in [2.75, 3.05) is 19.7 Å². The summed E-state index contributed by atoms with van der Waals surface area (Å²) < 4.78 is 42.9. The lowest BCUT2D eigenvalue weighted by Crippen LogP contribution is -2.34. The van der Waals surface area contributed by atoms with Gasteiger partial charge in [-0.3, -0.25) is 9.59 Å². The number of carbonyl (C=O) groups is 2. The van der Waals surface area contributed by atoms with Gasteiger partial charge in [0.05, 0.1) is 12.2 Å². The molecule has 0 aromatic heterocycles. The van der Waals surface area contributed by atoms with Crippen LogP contribution < -0.4 is 15.4 Å². The largest absolute Gasteiger partial charge is 0.493 e. The fourth-order valence-electron chi connectivity index (χ4n) is 2.69. The van der Waals surface area contributed by atoms with Gasteiger partial charge in [-0.2, -0.15) is 13.2 Å². The van der Waals surface area contributed by atoms with Crippen LogP contribution in [0.1, 0.15) is 31.8 Å². The molecule has 0 bridgehead atoms. The van der Waals surface area contributed by atoms with Crippen LogP contribution in [-0.4, -0.2) is 31.5 Å². The number of benzene rings is 2. The summed E-state index contributed by atoms with van der Waals surface area (Å²) in [4.78, 5) is 24.0. The number of nitrogens with one attached hydrogen (secondary N) is 2. The highest BCUT2D eigenvalue weighted by molar-refractivity contribution is 5.95. The molecule has 2 aromatic rings. The van der Waals surface area contributed by atoms with Gasteiger partial charge < -0.3 is 15.4 Å². The predicted octanol–water partition coefficient (Wildman–Crippen LogP) is 2.80. The first-order chi connectivity index (χ1) is 12.8. The third kappa shape index (κ3) is 4.58. The molecule has 8 heteroatoms. The summed E-state index contributed by atoms with van der Waals surface area (Å²) in [5.74, 6) is 0.0106. The molecular formula is C19H17F3N2O3. The van der Waals surface area contributed by atoms with Crippen molar-refractivity contribution in [3.05, 3.63) is 64.7 Å². The van der Waals surface area contributed by atoms with Gasteiger partial charge in [0.25, 0.3) is 11.8 Å². The van der Waals surface area contributed by atoms with Crippen molar-refractivity contribution in [3.8, 4) is 5.75 Å². The number of amides is 2. The standard InChI is InChI=1S/C19H17F3N2O3/c20-19(21,22)15-4-1-12(2-5-15)17(25)23-8-9-24-18(26)14-3-6-16-13(11-14)7-10-27-16/h1-6,11H,7-10H2,(H,23,25)(H,24,26). The maximum Gasteiger partial charge on any atom is 0.416 e. The summed E-state index contributed by atoms with van der Waals surface area (Å²) in [6.07, 6.45) is -3.68. The van der Waals surface area contributed by atoms with Gasteiger partial charge in [0.15, 0.2) is 0 Å². The van der Waals surface area contributed by atoms with E-state index in [1.807, 2.05) is 0 Å². The maximum atomic E-state index is 12.5. The highest BCUT2D eigenvalue weighted by Gasteiger charge is 2.30. The van der Waals surface area contributed by atoms with E-state index in [9.17, 15) is 22.8 Å². The number of fused-ring (bicyclic) bond motifs is 1. The molecule has 0 aliphatic carbocycles. The monoisotopic (exact) mass is 378 g/mol. The van der Waals surface area contributed by atoms with E-state index in [1.54, 1.807) is 18.2 Å². The molecule has 27 heavy (non-hydrogen) atoms. The Balaban J connectivity index is 1.45. The van der Waals surface area contributed by atoms with Crippen molar-refractivity contribution in [1.29, 1.82) is 0 Å².